The molecular formula is C18H30N2O. The number of hydrogen-bond acceptors (Lipinski definition) is 3. The van der Waals surface area contributed by atoms with Gasteiger partial charge in [-0.1, -0.05) is 32.0 Å². The van der Waals surface area contributed by atoms with E-state index in [0.717, 1.165) is 31.8 Å². The topological polar surface area (TPSA) is 24.5 Å². The van der Waals surface area contributed by atoms with Crippen LogP contribution in [0.2, 0.25) is 0 Å². The molecule has 1 N–H and O–H groups in total. The molecule has 3 nitrogen and oxygen atoms in total. The number of nitrogens with zero attached hydrogens (tertiary/aromatic N) is 1. The van der Waals surface area contributed by atoms with Crippen LogP contribution in [0.25, 0.3) is 0 Å². The van der Waals surface area contributed by atoms with Gasteiger partial charge in [0.2, 0.25) is 0 Å². The van der Waals surface area contributed by atoms with Crippen molar-refractivity contribution in [2.75, 3.05) is 26.7 Å². The summed E-state index contributed by atoms with van der Waals surface area (Å²) in [5, 5.41) is 3.77. The second-order valence-corrected chi connectivity index (χ2v) is 6.25. The van der Waals surface area contributed by atoms with Crippen molar-refractivity contribution in [3.05, 3.63) is 29.8 Å². The summed E-state index contributed by atoms with van der Waals surface area (Å²) in [6.07, 6.45) is 3.45. The van der Waals surface area contributed by atoms with Gasteiger partial charge < -0.3 is 10.1 Å². The lowest BCUT2D eigenvalue weighted by atomic mass is 9.88. The Bertz CT molecular complexity index is 443. The zero-order valence-corrected chi connectivity index (χ0v) is 14.0. The zero-order valence-electron chi connectivity index (χ0n) is 14.0. The first-order valence-electron chi connectivity index (χ1n) is 8.25. The lowest BCUT2D eigenvalue weighted by Gasteiger charge is -2.46. The molecule has 0 aliphatic carbocycles. The summed E-state index contributed by atoms with van der Waals surface area (Å²) < 4.78 is 5.46. The number of rotatable bonds is 6. The van der Waals surface area contributed by atoms with E-state index >= 15 is 0 Å². The Morgan fingerprint density at radius 1 is 1.29 bits per heavy atom. The average Bonchev–Trinajstić information content (AvgIpc) is 2.55. The van der Waals surface area contributed by atoms with Gasteiger partial charge in [-0.3, -0.25) is 4.90 Å². The monoisotopic (exact) mass is 290 g/mol. The number of hydrogen-bond donors (Lipinski definition) is 1. The fourth-order valence-corrected chi connectivity index (χ4v) is 3.29. The van der Waals surface area contributed by atoms with E-state index in [2.05, 4.69) is 49.2 Å². The van der Waals surface area contributed by atoms with E-state index in [1.165, 1.54) is 18.4 Å². The fourth-order valence-electron chi connectivity index (χ4n) is 3.29. The van der Waals surface area contributed by atoms with Crippen LogP contribution in [0.15, 0.2) is 24.3 Å². The first kappa shape index (κ1) is 16.3. The predicted octanol–water partition coefficient (Wildman–Crippen LogP) is 3.09. The maximum absolute atomic E-state index is 5.46. The number of methoxy groups -OCH3 is 1. The first-order valence-corrected chi connectivity index (χ1v) is 8.25. The minimum absolute atomic E-state index is 0.299. The van der Waals surface area contributed by atoms with E-state index in [-0.39, 0.29) is 0 Å². The van der Waals surface area contributed by atoms with Gasteiger partial charge in [0, 0.05) is 31.2 Å². The largest absolute Gasteiger partial charge is 0.496 e. The molecule has 0 aromatic heterocycles. The quantitative estimate of drug-likeness (QED) is 0.871. The van der Waals surface area contributed by atoms with Crippen molar-refractivity contribution in [2.24, 2.45) is 0 Å². The van der Waals surface area contributed by atoms with Gasteiger partial charge in [-0.05, 0) is 37.8 Å². The van der Waals surface area contributed by atoms with Crippen LogP contribution in [0.1, 0.15) is 39.2 Å². The number of para-hydroxylation sites is 1. The zero-order chi connectivity index (χ0) is 15.3. The van der Waals surface area contributed by atoms with Crippen molar-refractivity contribution in [1.82, 2.24) is 10.2 Å². The Balaban J connectivity index is 2.00. The molecule has 3 heteroatoms. The van der Waals surface area contributed by atoms with Gasteiger partial charge in [0.15, 0.2) is 0 Å². The minimum atomic E-state index is 0.299. The van der Waals surface area contributed by atoms with Gasteiger partial charge in [-0.2, -0.15) is 0 Å². The molecule has 1 heterocycles. The molecule has 1 aromatic rings. The van der Waals surface area contributed by atoms with Crippen molar-refractivity contribution in [3.8, 4) is 5.75 Å². The second kappa shape index (κ2) is 7.28. The van der Waals surface area contributed by atoms with Gasteiger partial charge in [0.05, 0.1) is 7.11 Å². The standard InChI is InChI=1S/C18H30N2O/c1-5-18(6-2)14-20(15(3)13-19-18)12-11-16-9-7-8-10-17(16)21-4/h7-10,15,19H,5-6,11-14H2,1-4H3. The molecular weight excluding hydrogens is 260 g/mol. The highest BCUT2D eigenvalue weighted by Crippen LogP contribution is 2.24. The molecule has 1 aromatic carbocycles. The lowest BCUT2D eigenvalue weighted by molar-refractivity contribution is 0.0818. The normalized spacial score (nSPS) is 22.2. The number of piperazine rings is 1. The van der Waals surface area contributed by atoms with E-state index in [0.29, 0.717) is 11.6 Å². The molecule has 0 saturated carbocycles. The minimum Gasteiger partial charge on any atom is -0.496 e. The van der Waals surface area contributed by atoms with Crippen LogP contribution in [-0.2, 0) is 6.42 Å². The first-order chi connectivity index (χ1) is 10.1. The van der Waals surface area contributed by atoms with Crippen molar-refractivity contribution in [3.63, 3.8) is 0 Å². The fraction of sp³-hybridized carbons (Fsp3) is 0.667. The summed E-state index contributed by atoms with van der Waals surface area (Å²) in [7, 11) is 1.76. The Morgan fingerprint density at radius 2 is 2.00 bits per heavy atom. The van der Waals surface area contributed by atoms with Crippen LogP contribution in [0.4, 0.5) is 0 Å². The summed E-state index contributed by atoms with van der Waals surface area (Å²) in [6.45, 7) is 10.3. The molecule has 0 spiro atoms. The van der Waals surface area contributed by atoms with E-state index in [9.17, 15) is 0 Å². The highest BCUT2D eigenvalue weighted by Gasteiger charge is 2.34. The molecule has 0 bridgehead atoms. The van der Waals surface area contributed by atoms with Crippen LogP contribution in [-0.4, -0.2) is 43.2 Å². The van der Waals surface area contributed by atoms with Gasteiger partial charge in [-0.15, -0.1) is 0 Å². The maximum Gasteiger partial charge on any atom is 0.122 e. The molecule has 1 aliphatic heterocycles. The second-order valence-electron chi connectivity index (χ2n) is 6.25. The molecule has 0 amide bonds. The number of nitrogens with one attached hydrogen (secondary N) is 1. The van der Waals surface area contributed by atoms with Crippen LogP contribution < -0.4 is 10.1 Å². The molecule has 1 aliphatic rings. The highest BCUT2D eigenvalue weighted by molar-refractivity contribution is 5.33. The number of benzene rings is 1. The van der Waals surface area contributed by atoms with Gasteiger partial charge in [0.1, 0.15) is 5.75 Å². The van der Waals surface area contributed by atoms with E-state index in [1.807, 2.05) is 6.07 Å². The third-order valence-electron chi connectivity index (χ3n) is 5.12. The molecule has 1 saturated heterocycles. The lowest BCUT2D eigenvalue weighted by Crippen LogP contribution is -2.63. The average molecular weight is 290 g/mol. The maximum atomic E-state index is 5.46. The van der Waals surface area contributed by atoms with Crippen molar-refractivity contribution < 1.29 is 4.74 Å². The molecule has 2 rings (SSSR count). The van der Waals surface area contributed by atoms with Crippen LogP contribution in [0.3, 0.4) is 0 Å². The summed E-state index contributed by atoms with van der Waals surface area (Å²) in [5.41, 5.74) is 1.61. The van der Waals surface area contributed by atoms with Crippen LogP contribution in [0.5, 0.6) is 5.75 Å². The summed E-state index contributed by atoms with van der Waals surface area (Å²) in [6, 6.07) is 8.97. The molecule has 1 fully saturated rings. The molecule has 118 valence electrons. The summed E-state index contributed by atoms with van der Waals surface area (Å²) >= 11 is 0. The Morgan fingerprint density at radius 3 is 2.67 bits per heavy atom. The van der Waals surface area contributed by atoms with Gasteiger partial charge in [-0.25, -0.2) is 0 Å². The Kier molecular flexibility index (Phi) is 5.65. The van der Waals surface area contributed by atoms with E-state index < -0.39 is 0 Å². The van der Waals surface area contributed by atoms with Crippen LogP contribution in [0, 0.1) is 0 Å². The van der Waals surface area contributed by atoms with E-state index in [4.69, 9.17) is 4.74 Å². The Labute approximate surface area is 129 Å². The van der Waals surface area contributed by atoms with Gasteiger partial charge >= 0.3 is 0 Å². The third kappa shape index (κ3) is 3.78. The molecule has 1 unspecified atom stereocenters. The molecule has 1 atom stereocenters. The molecule has 0 radical (unpaired) electrons. The van der Waals surface area contributed by atoms with Crippen molar-refractivity contribution >= 4 is 0 Å². The number of ether oxygens (including phenoxy) is 1. The van der Waals surface area contributed by atoms with Crippen molar-refractivity contribution in [1.29, 1.82) is 0 Å². The Hall–Kier alpha value is -1.06. The van der Waals surface area contributed by atoms with E-state index in [1.54, 1.807) is 7.11 Å². The van der Waals surface area contributed by atoms with Gasteiger partial charge in [0.25, 0.3) is 0 Å². The van der Waals surface area contributed by atoms with Crippen LogP contribution >= 0.6 is 0 Å². The third-order valence-corrected chi connectivity index (χ3v) is 5.12. The predicted molar refractivity (Wildman–Crippen MR) is 89.0 cm³/mol. The summed E-state index contributed by atoms with van der Waals surface area (Å²) in [4.78, 5) is 2.63. The molecule has 21 heavy (non-hydrogen) atoms. The SMILES string of the molecule is CCC1(CC)CN(CCc2ccccc2OC)C(C)CN1. The van der Waals surface area contributed by atoms with Crippen molar-refractivity contribution in [2.45, 2.75) is 51.6 Å². The smallest absolute Gasteiger partial charge is 0.122 e. The summed E-state index contributed by atoms with van der Waals surface area (Å²) in [5.74, 6) is 1.01. The highest BCUT2D eigenvalue weighted by atomic mass is 16.5.